The molecular weight excluding hydrogens is 230 g/mol. The standard InChI is InChI=1S/C18H21N/c1-17(2)12-18(17,13-19)16-11-7-6-10-15(16)14-8-4-3-5-9-14/h3-11H,12-13,19H2,1-2H3. The second-order valence-electron chi connectivity index (χ2n) is 6.26. The first-order valence-electron chi connectivity index (χ1n) is 6.96. The van der Waals surface area contributed by atoms with E-state index in [2.05, 4.69) is 68.4 Å². The van der Waals surface area contributed by atoms with Gasteiger partial charge in [0.1, 0.15) is 0 Å². The average Bonchev–Trinajstić information content (AvgIpc) is 3.03. The largest absolute Gasteiger partial charge is 0.330 e. The topological polar surface area (TPSA) is 26.0 Å². The van der Waals surface area contributed by atoms with Crippen LogP contribution in [-0.4, -0.2) is 6.54 Å². The van der Waals surface area contributed by atoms with E-state index in [0.717, 1.165) is 6.54 Å². The lowest BCUT2D eigenvalue weighted by molar-refractivity contribution is 0.504. The molecule has 2 aromatic carbocycles. The van der Waals surface area contributed by atoms with Gasteiger partial charge in [0.15, 0.2) is 0 Å². The molecule has 0 heterocycles. The summed E-state index contributed by atoms with van der Waals surface area (Å²) in [4.78, 5) is 0. The highest BCUT2D eigenvalue weighted by Crippen LogP contribution is 2.64. The molecule has 0 spiro atoms. The highest BCUT2D eigenvalue weighted by Gasteiger charge is 2.61. The molecule has 3 rings (SSSR count). The van der Waals surface area contributed by atoms with Gasteiger partial charge in [0.05, 0.1) is 0 Å². The smallest absolute Gasteiger partial charge is 0.0138 e. The molecular formula is C18H21N. The third-order valence-electron chi connectivity index (χ3n) is 4.79. The molecule has 1 saturated carbocycles. The molecule has 0 bridgehead atoms. The van der Waals surface area contributed by atoms with E-state index in [1.807, 2.05) is 0 Å². The van der Waals surface area contributed by atoms with E-state index in [-0.39, 0.29) is 5.41 Å². The van der Waals surface area contributed by atoms with E-state index in [0.29, 0.717) is 5.41 Å². The van der Waals surface area contributed by atoms with Gasteiger partial charge in [0.2, 0.25) is 0 Å². The van der Waals surface area contributed by atoms with Crippen molar-refractivity contribution < 1.29 is 0 Å². The van der Waals surface area contributed by atoms with Gasteiger partial charge in [-0.3, -0.25) is 0 Å². The summed E-state index contributed by atoms with van der Waals surface area (Å²) in [5, 5.41) is 0. The summed E-state index contributed by atoms with van der Waals surface area (Å²) >= 11 is 0. The molecule has 1 fully saturated rings. The van der Waals surface area contributed by atoms with Gasteiger partial charge in [-0.05, 0) is 28.5 Å². The Balaban J connectivity index is 2.14. The molecule has 0 amide bonds. The molecule has 1 nitrogen and oxygen atoms in total. The van der Waals surface area contributed by atoms with Gasteiger partial charge in [-0.2, -0.15) is 0 Å². The van der Waals surface area contributed by atoms with Gasteiger partial charge in [0.25, 0.3) is 0 Å². The van der Waals surface area contributed by atoms with Gasteiger partial charge in [-0.15, -0.1) is 0 Å². The molecule has 1 aliphatic carbocycles. The maximum absolute atomic E-state index is 6.12. The highest BCUT2D eigenvalue weighted by molar-refractivity contribution is 5.70. The predicted octanol–water partition coefficient (Wildman–Crippen LogP) is 3.98. The van der Waals surface area contributed by atoms with Crippen LogP contribution in [0.2, 0.25) is 0 Å². The normalized spacial score (nSPS) is 24.2. The van der Waals surface area contributed by atoms with Crippen LogP contribution in [0.1, 0.15) is 25.8 Å². The maximum Gasteiger partial charge on any atom is 0.0138 e. The zero-order valence-electron chi connectivity index (χ0n) is 11.7. The Hall–Kier alpha value is -1.60. The molecule has 1 atom stereocenters. The first kappa shape index (κ1) is 12.4. The van der Waals surface area contributed by atoms with E-state index in [9.17, 15) is 0 Å². The van der Waals surface area contributed by atoms with Crippen LogP contribution in [-0.2, 0) is 5.41 Å². The van der Waals surface area contributed by atoms with Gasteiger partial charge in [-0.25, -0.2) is 0 Å². The van der Waals surface area contributed by atoms with Gasteiger partial charge in [-0.1, -0.05) is 68.4 Å². The number of hydrogen-bond acceptors (Lipinski definition) is 1. The van der Waals surface area contributed by atoms with Crippen molar-refractivity contribution in [2.24, 2.45) is 11.1 Å². The quantitative estimate of drug-likeness (QED) is 0.877. The Morgan fingerprint density at radius 1 is 0.947 bits per heavy atom. The zero-order valence-corrected chi connectivity index (χ0v) is 11.7. The third-order valence-corrected chi connectivity index (χ3v) is 4.79. The van der Waals surface area contributed by atoms with Gasteiger partial charge in [0, 0.05) is 12.0 Å². The second-order valence-corrected chi connectivity index (χ2v) is 6.26. The van der Waals surface area contributed by atoms with E-state index in [1.165, 1.54) is 23.1 Å². The van der Waals surface area contributed by atoms with Crippen molar-refractivity contribution in [3.8, 4) is 11.1 Å². The molecule has 0 aliphatic heterocycles. The van der Waals surface area contributed by atoms with Crippen LogP contribution in [0.15, 0.2) is 54.6 Å². The number of nitrogens with two attached hydrogens (primary N) is 1. The lowest BCUT2D eigenvalue weighted by atomic mass is 9.83. The van der Waals surface area contributed by atoms with Crippen LogP contribution in [0.3, 0.4) is 0 Å². The van der Waals surface area contributed by atoms with Crippen molar-refractivity contribution in [3.63, 3.8) is 0 Å². The van der Waals surface area contributed by atoms with Crippen molar-refractivity contribution in [2.75, 3.05) is 6.54 Å². The van der Waals surface area contributed by atoms with Gasteiger partial charge >= 0.3 is 0 Å². The minimum Gasteiger partial charge on any atom is -0.330 e. The summed E-state index contributed by atoms with van der Waals surface area (Å²) in [6.07, 6.45) is 1.18. The van der Waals surface area contributed by atoms with Crippen molar-refractivity contribution in [2.45, 2.75) is 25.7 Å². The summed E-state index contributed by atoms with van der Waals surface area (Å²) in [5.41, 5.74) is 10.6. The van der Waals surface area contributed by atoms with E-state index in [1.54, 1.807) is 0 Å². The zero-order chi connectivity index (χ0) is 13.5. The summed E-state index contributed by atoms with van der Waals surface area (Å²) < 4.78 is 0. The van der Waals surface area contributed by atoms with Crippen LogP contribution in [0.5, 0.6) is 0 Å². The molecule has 1 unspecified atom stereocenters. The van der Waals surface area contributed by atoms with Crippen molar-refractivity contribution in [1.82, 2.24) is 0 Å². The van der Waals surface area contributed by atoms with Crippen molar-refractivity contribution in [1.29, 1.82) is 0 Å². The molecule has 0 aromatic heterocycles. The fourth-order valence-corrected chi connectivity index (χ4v) is 3.40. The number of hydrogen-bond donors (Lipinski definition) is 1. The Morgan fingerprint density at radius 2 is 1.53 bits per heavy atom. The van der Waals surface area contributed by atoms with Gasteiger partial charge < -0.3 is 5.73 Å². The Labute approximate surface area is 115 Å². The number of benzene rings is 2. The fraction of sp³-hybridized carbons (Fsp3) is 0.333. The first-order valence-corrected chi connectivity index (χ1v) is 6.96. The van der Waals surface area contributed by atoms with Crippen molar-refractivity contribution in [3.05, 3.63) is 60.2 Å². The Bertz CT molecular complexity index is 586. The molecule has 2 N–H and O–H groups in total. The lowest BCUT2D eigenvalue weighted by Gasteiger charge is -2.22. The molecule has 0 radical (unpaired) electrons. The minimum absolute atomic E-state index is 0.152. The average molecular weight is 251 g/mol. The molecule has 2 aromatic rings. The molecule has 0 saturated heterocycles. The van der Waals surface area contributed by atoms with Crippen LogP contribution >= 0.6 is 0 Å². The summed E-state index contributed by atoms with van der Waals surface area (Å²) in [6.45, 7) is 5.37. The molecule has 1 aliphatic rings. The van der Waals surface area contributed by atoms with Crippen molar-refractivity contribution >= 4 is 0 Å². The minimum atomic E-state index is 0.152. The monoisotopic (exact) mass is 251 g/mol. The van der Waals surface area contributed by atoms with Crippen LogP contribution < -0.4 is 5.73 Å². The van der Waals surface area contributed by atoms with Crippen LogP contribution in [0.25, 0.3) is 11.1 Å². The molecule has 19 heavy (non-hydrogen) atoms. The Kier molecular flexibility index (Phi) is 2.75. The van der Waals surface area contributed by atoms with E-state index >= 15 is 0 Å². The molecule has 98 valence electrons. The van der Waals surface area contributed by atoms with E-state index < -0.39 is 0 Å². The summed E-state index contributed by atoms with van der Waals surface area (Å²) in [6, 6.07) is 19.3. The fourth-order valence-electron chi connectivity index (χ4n) is 3.40. The Morgan fingerprint density at radius 3 is 2.11 bits per heavy atom. The van der Waals surface area contributed by atoms with E-state index in [4.69, 9.17) is 5.73 Å². The third kappa shape index (κ3) is 1.81. The maximum atomic E-state index is 6.12. The first-order chi connectivity index (χ1) is 9.11. The summed E-state index contributed by atoms with van der Waals surface area (Å²) in [7, 11) is 0. The van der Waals surface area contributed by atoms with Crippen LogP contribution in [0, 0.1) is 5.41 Å². The second kappa shape index (κ2) is 4.21. The lowest BCUT2D eigenvalue weighted by Crippen LogP contribution is -2.26. The SMILES string of the molecule is CC1(C)CC1(CN)c1ccccc1-c1ccccc1. The number of rotatable bonds is 3. The highest BCUT2D eigenvalue weighted by atomic mass is 14.7. The molecule has 1 heteroatoms. The summed E-state index contributed by atoms with van der Waals surface area (Å²) in [5.74, 6) is 0. The predicted molar refractivity (Wildman–Crippen MR) is 81.0 cm³/mol. The van der Waals surface area contributed by atoms with Crippen LogP contribution in [0.4, 0.5) is 0 Å².